The summed E-state index contributed by atoms with van der Waals surface area (Å²) in [4.78, 5) is 9.66. The number of fused-ring (bicyclic) bond motifs is 1. The van der Waals surface area contributed by atoms with Gasteiger partial charge in [0.2, 0.25) is 10.0 Å². The van der Waals surface area contributed by atoms with Crippen LogP contribution in [-0.4, -0.2) is 36.1 Å². The first kappa shape index (κ1) is 24.0. The molecule has 0 spiro atoms. The largest absolute Gasteiger partial charge is 0.390 e. The van der Waals surface area contributed by atoms with E-state index in [9.17, 15) is 21.6 Å². The molecule has 1 aromatic heterocycles. The van der Waals surface area contributed by atoms with Gasteiger partial charge in [-0.3, -0.25) is 4.98 Å². The van der Waals surface area contributed by atoms with Gasteiger partial charge in [0, 0.05) is 41.7 Å². The van der Waals surface area contributed by atoms with Gasteiger partial charge in [0.25, 0.3) is 0 Å². The van der Waals surface area contributed by atoms with Crippen molar-refractivity contribution >= 4 is 26.6 Å². The molecule has 6 nitrogen and oxygen atoms in total. The summed E-state index contributed by atoms with van der Waals surface area (Å²) in [6.45, 7) is -0.450. The van der Waals surface area contributed by atoms with Crippen LogP contribution in [0.4, 0.5) is 13.2 Å². The zero-order valence-electron chi connectivity index (χ0n) is 18.8. The van der Waals surface area contributed by atoms with Crippen molar-refractivity contribution in [1.82, 2.24) is 9.29 Å². The van der Waals surface area contributed by atoms with E-state index in [4.69, 9.17) is 4.84 Å². The fourth-order valence-corrected chi connectivity index (χ4v) is 5.74. The van der Waals surface area contributed by atoms with Crippen LogP contribution in [0, 0.1) is 17.5 Å². The minimum Gasteiger partial charge on any atom is -0.390 e. The predicted molar refractivity (Wildman–Crippen MR) is 128 cm³/mol. The Morgan fingerprint density at radius 2 is 1.75 bits per heavy atom. The van der Waals surface area contributed by atoms with Crippen LogP contribution in [0.3, 0.4) is 0 Å². The van der Waals surface area contributed by atoms with Gasteiger partial charge in [-0.25, -0.2) is 21.6 Å². The van der Waals surface area contributed by atoms with Crippen molar-refractivity contribution in [1.29, 1.82) is 0 Å². The molecule has 1 atom stereocenters. The van der Waals surface area contributed by atoms with Crippen LogP contribution in [0.25, 0.3) is 10.9 Å². The number of halogens is 3. The SMILES string of the molecule is O=S(=O)(c1cccc2cccnc12)N(Cc1ccccc1F)CC1CC(c2ccc(F)cc2F)=NO1. The maximum Gasteiger partial charge on any atom is 0.245 e. The van der Waals surface area contributed by atoms with Gasteiger partial charge in [0.05, 0.1) is 17.8 Å². The zero-order valence-corrected chi connectivity index (χ0v) is 19.6. The van der Waals surface area contributed by atoms with Crippen LogP contribution in [0.2, 0.25) is 0 Å². The van der Waals surface area contributed by atoms with Gasteiger partial charge in [0.1, 0.15) is 28.5 Å². The third kappa shape index (κ3) is 4.69. The quantitative estimate of drug-likeness (QED) is 0.349. The average Bonchev–Trinajstić information content (AvgIpc) is 3.32. The summed E-state index contributed by atoms with van der Waals surface area (Å²) in [6, 6.07) is 17.3. The molecule has 1 aliphatic rings. The molecule has 0 fully saturated rings. The summed E-state index contributed by atoms with van der Waals surface area (Å²) in [5, 5.41) is 4.54. The Morgan fingerprint density at radius 3 is 2.56 bits per heavy atom. The molecule has 5 rings (SSSR count). The first-order valence-electron chi connectivity index (χ1n) is 11.1. The molecular formula is C26H20F3N3O3S. The Bertz CT molecular complexity index is 1570. The highest BCUT2D eigenvalue weighted by molar-refractivity contribution is 7.89. The lowest BCUT2D eigenvalue weighted by Gasteiger charge is -2.25. The lowest BCUT2D eigenvalue weighted by Crippen LogP contribution is -2.37. The predicted octanol–water partition coefficient (Wildman–Crippen LogP) is 5.04. The summed E-state index contributed by atoms with van der Waals surface area (Å²) in [5.41, 5.74) is 0.766. The van der Waals surface area contributed by atoms with Gasteiger partial charge in [-0.05, 0) is 30.3 Å². The molecule has 0 N–H and O–H groups in total. The van der Waals surface area contributed by atoms with Crippen LogP contribution in [0.1, 0.15) is 17.5 Å². The normalized spacial score (nSPS) is 15.8. The monoisotopic (exact) mass is 511 g/mol. The van der Waals surface area contributed by atoms with E-state index in [0.717, 1.165) is 16.4 Å². The standard InChI is InChI=1S/C26H20F3N3O3S/c27-19-10-11-21(23(29)13-19)24-14-20(35-31-24)16-32(15-18-5-1-2-8-22(18)28)36(33,34)25-9-3-6-17-7-4-12-30-26(17)25/h1-13,20H,14-16H2. The van der Waals surface area contributed by atoms with E-state index in [1.54, 1.807) is 30.3 Å². The second kappa shape index (κ2) is 9.71. The van der Waals surface area contributed by atoms with Gasteiger partial charge in [-0.1, -0.05) is 41.6 Å². The maximum absolute atomic E-state index is 14.5. The lowest BCUT2D eigenvalue weighted by molar-refractivity contribution is 0.0692. The molecule has 1 unspecified atom stereocenters. The van der Waals surface area contributed by atoms with E-state index in [-0.39, 0.29) is 46.8 Å². The van der Waals surface area contributed by atoms with Crippen molar-refractivity contribution in [3.63, 3.8) is 0 Å². The van der Waals surface area contributed by atoms with Crippen LogP contribution in [0.15, 0.2) is 89.0 Å². The van der Waals surface area contributed by atoms with Crippen molar-refractivity contribution in [2.45, 2.75) is 24.0 Å². The molecule has 0 bridgehead atoms. The van der Waals surface area contributed by atoms with Crippen LogP contribution in [-0.2, 0) is 21.4 Å². The molecule has 0 aliphatic carbocycles. The number of aromatic nitrogens is 1. The van der Waals surface area contributed by atoms with E-state index in [1.165, 1.54) is 36.5 Å². The highest BCUT2D eigenvalue weighted by Crippen LogP contribution is 2.28. The number of hydrogen-bond acceptors (Lipinski definition) is 5. The molecule has 0 radical (unpaired) electrons. The molecule has 0 saturated carbocycles. The number of sulfonamides is 1. The Morgan fingerprint density at radius 1 is 0.944 bits per heavy atom. The van der Waals surface area contributed by atoms with E-state index in [0.29, 0.717) is 5.39 Å². The molecule has 184 valence electrons. The van der Waals surface area contributed by atoms with Crippen LogP contribution >= 0.6 is 0 Å². The minimum atomic E-state index is -4.18. The summed E-state index contributed by atoms with van der Waals surface area (Å²) >= 11 is 0. The Kier molecular flexibility index (Phi) is 6.46. The molecule has 10 heteroatoms. The number of para-hydroxylation sites is 1. The summed E-state index contributed by atoms with van der Waals surface area (Å²) < 4.78 is 70.9. The highest BCUT2D eigenvalue weighted by atomic mass is 32.2. The molecular weight excluding hydrogens is 491 g/mol. The first-order chi connectivity index (χ1) is 17.3. The summed E-state index contributed by atoms with van der Waals surface area (Å²) in [5.74, 6) is -2.07. The molecule has 1 aliphatic heterocycles. The Labute approximate surface area is 205 Å². The van der Waals surface area contributed by atoms with Gasteiger partial charge in [-0.2, -0.15) is 4.31 Å². The van der Waals surface area contributed by atoms with E-state index in [2.05, 4.69) is 10.1 Å². The van der Waals surface area contributed by atoms with Crippen molar-refractivity contribution < 1.29 is 26.4 Å². The van der Waals surface area contributed by atoms with Crippen LogP contribution in [0.5, 0.6) is 0 Å². The number of rotatable bonds is 7. The number of nitrogens with zero attached hydrogens (tertiary/aromatic N) is 3. The minimum absolute atomic E-state index is 0.0272. The van der Waals surface area contributed by atoms with Gasteiger partial charge in [-0.15, -0.1) is 0 Å². The fraction of sp³-hybridized carbons (Fsp3) is 0.154. The van der Waals surface area contributed by atoms with Crippen LogP contribution < -0.4 is 0 Å². The number of hydrogen-bond donors (Lipinski definition) is 0. The second-order valence-corrected chi connectivity index (χ2v) is 10.2. The summed E-state index contributed by atoms with van der Waals surface area (Å²) in [7, 11) is -4.18. The molecule has 0 saturated heterocycles. The van der Waals surface area contributed by atoms with Gasteiger partial charge in [0.15, 0.2) is 0 Å². The molecule has 36 heavy (non-hydrogen) atoms. The highest BCUT2D eigenvalue weighted by Gasteiger charge is 2.33. The fourth-order valence-electron chi connectivity index (χ4n) is 4.12. The molecule has 4 aromatic rings. The third-order valence-corrected chi connectivity index (χ3v) is 7.74. The average molecular weight is 512 g/mol. The maximum atomic E-state index is 14.5. The van der Waals surface area contributed by atoms with Crippen molar-refractivity contribution in [3.8, 4) is 0 Å². The van der Waals surface area contributed by atoms with E-state index in [1.807, 2.05) is 0 Å². The zero-order chi connectivity index (χ0) is 25.3. The Balaban J connectivity index is 1.47. The van der Waals surface area contributed by atoms with Crippen molar-refractivity contribution in [3.05, 3.63) is 108 Å². The first-order valence-corrected chi connectivity index (χ1v) is 12.5. The number of benzene rings is 3. The number of pyridine rings is 1. The molecule has 0 amide bonds. The Hall–Kier alpha value is -3.76. The van der Waals surface area contributed by atoms with E-state index < -0.39 is 33.6 Å². The molecule has 2 heterocycles. The second-order valence-electron chi connectivity index (χ2n) is 8.31. The smallest absolute Gasteiger partial charge is 0.245 e. The molecule has 3 aromatic carbocycles. The summed E-state index contributed by atoms with van der Waals surface area (Å²) in [6.07, 6.45) is 0.813. The number of oxime groups is 1. The van der Waals surface area contributed by atoms with Crippen molar-refractivity contribution in [2.75, 3.05) is 6.54 Å². The van der Waals surface area contributed by atoms with Crippen molar-refractivity contribution in [2.24, 2.45) is 5.16 Å². The van der Waals surface area contributed by atoms with Gasteiger partial charge >= 0.3 is 0 Å². The topological polar surface area (TPSA) is 71.9 Å². The third-order valence-electron chi connectivity index (χ3n) is 5.90. The van der Waals surface area contributed by atoms with E-state index >= 15 is 0 Å². The lowest BCUT2D eigenvalue weighted by atomic mass is 10.0. The van der Waals surface area contributed by atoms with Gasteiger partial charge < -0.3 is 4.84 Å².